The highest BCUT2D eigenvalue weighted by molar-refractivity contribution is 6.29. The summed E-state index contributed by atoms with van der Waals surface area (Å²) in [6.45, 7) is 10.2. The zero-order chi connectivity index (χ0) is 17.3. The normalized spacial score (nSPS) is 20.4. The Morgan fingerprint density at radius 1 is 1.52 bits per heavy atom. The molecule has 128 valence electrons. The van der Waals surface area contributed by atoms with E-state index in [1.807, 2.05) is 46.8 Å². The molecule has 0 saturated carbocycles. The largest absolute Gasteiger partial charge is 0.444 e. The topological polar surface area (TPSA) is 63.7 Å². The molecule has 1 atom stereocenters. The molecular weight excluding hydrogens is 318 g/mol. The highest BCUT2D eigenvalue weighted by Crippen LogP contribution is 2.29. The zero-order valence-corrected chi connectivity index (χ0v) is 15.0. The second-order valence-electron chi connectivity index (χ2n) is 6.99. The van der Waals surface area contributed by atoms with Crippen molar-refractivity contribution in [3.8, 4) is 0 Å². The summed E-state index contributed by atoms with van der Waals surface area (Å²) in [5, 5.41) is 3.61. The van der Waals surface area contributed by atoms with Crippen LogP contribution in [0.1, 0.15) is 34.6 Å². The maximum absolute atomic E-state index is 12.5. The summed E-state index contributed by atoms with van der Waals surface area (Å²) >= 11 is 5.88. The van der Waals surface area contributed by atoms with E-state index in [9.17, 15) is 4.79 Å². The molecule has 1 unspecified atom stereocenters. The Morgan fingerprint density at radius 3 is 2.83 bits per heavy atom. The fraction of sp³-hybridized carbons (Fsp3) is 0.625. The second kappa shape index (κ2) is 6.53. The Hall–Kier alpha value is -1.53. The maximum atomic E-state index is 12.5. The van der Waals surface area contributed by atoms with Crippen LogP contribution >= 0.6 is 11.6 Å². The number of ether oxygens (including phenoxy) is 2. The van der Waals surface area contributed by atoms with Crippen molar-refractivity contribution in [2.24, 2.45) is 0 Å². The molecule has 2 heterocycles. The van der Waals surface area contributed by atoms with Gasteiger partial charge in [-0.1, -0.05) is 17.7 Å². The molecular formula is C16H24ClN3O3. The minimum Gasteiger partial charge on any atom is -0.444 e. The average Bonchev–Trinajstić information content (AvgIpc) is 2.69. The van der Waals surface area contributed by atoms with Gasteiger partial charge in [0, 0.05) is 6.54 Å². The van der Waals surface area contributed by atoms with E-state index in [0.29, 0.717) is 24.1 Å². The van der Waals surface area contributed by atoms with E-state index < -0.39 is 11.3 Å². The number of hydrogen-bond donors (Lipinski definition) is 1. The number of carbonyl (C=O) groups excluding carboxylic acids is 1. The van der Waals surface area contributed by atoms with Crippen LogP contribution in [0, 0.1) is 0 Å². The highest BCUT2D eigenvalue weighted by atomic mass is 35.5. The lowest BCUT2D eigenvalue weighted by Crippen LogP contribution is -2.51. The van der Waals surface area contributed by atoms with Gasteiger partial charge < -0.3 is 14.8 Å². The van der Waals surface area contributed by atoms with Crippen LogP contribution in [0.4, 0.5) is 10.6 Å². The Morgan fingerprint density at radius 2 is 2.22 bits per heavy atom. The SMILES string of the molecule is CC(C)(C)OC(=O)N1C(CNc2cccc(Cl)n2)COC1(C)C. The average molecular weight is 342 g/mol. The summed E-state index contributed by atoms with van der Waals surface area (Å²) < 4.78 is 11.3. The minimum atomic E-state index is -0.712. The van der Waals surface area contributed by atoms with Crippen LogP contribution in [0.15, 0.2) is 18.2 Å². The summed E-state index contributed by atoms with van der Waals surface area (Å²) in [7, 11) is 0. The number of anilines is 1. The lowest BCUT2D eigenvalue weighted by Gasteiger charge is -2.35. The monoisotopic (exact) mass is 341 g/mol. The van der Waals surface area contributed by atoms with Crippen molar-refractivity contribution < 1.29 is 14.3 Å². The quantitative estimate of drug-likeness (QED) is 0.852. The molecule has 1 amide bonds. The third-order valence-corrected chi connectivity index (χ3v) is 3.61. The fourth-order valence-electron chi connectivity index (χ4n) is 2.44. The molecule has 7 heteroatoms. The summed E-state index contributed by atoms with van der Waals surface area (Å²) in [5.74, 6) is 0.659. The van der Waals surface area contributed by atoms with Crippen LogP contribution < -0.4 is 5.32 Å². The fourth-order valence-corrected chi connectivity index (χ4v) is 2.61. The van der Waals surface area contributed by atoms with E-state index in [4.69, 9.17) is 21.1 Å². The van der Waals surface area contributed by atoms with Gasteiger partial charge in [-0.2, -0.15) is 0 Å². The van der Waals surface area contributed by atoms with Crippen molar-refractivity contribution in [1.82, 2.24) is 9.88 Å². The molecule has 0 aromatic carbocycles. The first kappa shape index (κ1) is 17.8. The second-order valence-corrected chi connectivity index (χ2v) is 7.38. The smallest absolute Gasteiger partial charge is 0.412 e. The Kier molecular flexibility index (Phi) is 5.06. The molecule has 6 nitrogen and oxygen atoms in total. The predicted octanol–water partition coefficient (Wildman–Crippen LogP) is 3.52. The molecule has 1 N–H and O–H groups in total. The number of hydrogen-bond acceptors (Lipinski definition) is 5. The summed E-state index contributed by atoms with van der Waals surface area (Å²) in [5.41, 5.74) is -1.27. The van der Waals surface area contributed by atoms with Crippen molar-refractivity contribution in [3.05, 3.63) is 23.4 Å². The van der Waals surface area contributed by atoms with E-state index in [1.54, 1.807) is 11.0 Å². The lowest BCUT2D eigenvalue weighted by molar-refractivity contribution is -0.0620. The number of rotatable bonds is 3. The van der Waals surface area contributed by atoms with Gasteiger partial charge in [0.25, 0.3) is 0 Å². The van der Waals surface area contributed by atoms with Gasteiger partial charge in [-0.3, -0.25) is 4.90 Å². The van der Waals surface area contributed by atoms with Crippen LogP contribution in [-0.4, -0.2) is 46.5 Å². The first-order valence-corrected chi connectivity index (χ1v) is 7.99. The lowest BCUT2D eigenvalue weighted by atomic mass is 10.2. The molecule has 0 bridgehead atoms. The van der Waals surface area contributed by atoms with Crippen LogP contribution in [-0.2, 0) is 9.47 Å². The van der Waals surface area contributed by atoms with Crippen LogP contribution in [0.25, 0.3) is 0 Å². The Labute approximate surface area is 142 Å². The van der Waals surface area contributed by atoms with Gasteiger partial charge in [0.2, 0.25) is 0 Å². The van der Waals surface area contributed by atoms with Crippen molar-refractivity contribution in [2.45, 2.75) is 52.0 Å². The number of amides is 1. The molecule has 1 aromatic heterocycles. The maximum Gasteiger partial charge on any atom is 0.412 e. The van der Waals surface area contributed by atoms with Crippen LogP contribution in [0.3, 0.4) is 0 Å². The van der Waals surface area contributed by atoms with Gasteiger partial charge in [0.1, 0.15) is 22.3 Å². The van der Waals surface area contributed by atoms with E-state index in [0.717, 1.165) is 0 Å². The van der Waals surface area contributed by atoms with Gasteiger partial charge in [0.15, 0.2) is 0 Å². The third-order valence-electron chi connectivity index (χ3n) is 3.40. The molecule has 1 aliphatic heterocycles. The van der Waals surface area contributed by atoms with E-state index in [-0.39, 0.29) is 12.1 Å². The van der Waals surface area contributed by atoms with E-state index in [1.165, 1.54) is 0 Å². The van der Waals surface area contributed by atoms with E-state index >= 15 is 0 Å². The van der Waals surface area contributed by atoms with Gasteiger partial charge >= 0.3 is 6.09 Å². The van der Waals surface area contributed by atoms with Gasteiger partial charge in [-0.05, 0) is 46.8 Å². The number of pyridine rings is 1. The minimum absolute atomic E-state index is 0.152. The van der Waals surface area contributed by atoms with Gasteiger partial charge in [0.05, 0.1) is 12.6 Å². The van der Waals surface area contributed by atoms with Crippen LogP contribution in [0.2, 0.25) is 5.15 Å². The highest BCUT2D eigenvalue weighted by Gasteiger charge is 2.45. The van der Waals surface area contributed by atoms with Crippen molar-refractivity contribution in [1.29, 1.82) is 0 Å². The number of aromatic nitrogens is 1. The summed E-state index contributed by atoms with van der Waals surface area (Å²) in [6.07, 6.45) is -0.383. The molecule has 1 aliphatic rings. The van der Waals surface area contributed by atoms with Gasteiger partial charge in [-0.25, -0.2) is 9.78 Å². The predicted molar refractivity (Wildman–Crippen MR) is 89.6 cm³/mol. The molecule has 0 radical (unpaired) electrons. The van der Waals surface area contributed by atoms with Crippen molar-refractivity contribution in [2.75, 3.05) is 18.5 Å². The van der Waals surface area contributed by atoms with E-state index in [2.05, 4.69) is 10.3 Å². The summed E-state index contributed by atoms with van der Waals surface area (Å²) in [6, 6.07) is 5.20. The summed E-state index contributed by atoms with van der Waals surface area (Å²) in [4.78, 5) is 18.3. The first-order chi connectivity index (χ1) is 10.6. The number of carbonyl (C=O) groups is 1. The van der Waals surface area contributed by atoms with Crippen LogP contribution in [0.5, 0.6) is 0 Å². The molecule has 23 heavy (non-hydrogen) atoms. The Bertz CT molecular complexity index is 572. The first-order valence-electron chi connectivity index (χ1n) is 7.61. The number of nitrogens with zero attached hydrogens (tertiary/aromatic N) is 2. The molecule has 2 rings (SSSR count). The standard InChI is InChI=1S/C16H24ClN3O3/c1-15(2,3)23-14(21)20-11(10-22-16(20,4)5)9-18-13-8-6-7-12(17)19-13/h6-8,11H,9-10H2,1-5H3,(H,18,19). The molecule has 0 spiro atoms. The number of nitrogens with one attached hydrogen (secondary N) is 1. The Balaban J connectivity index is 2.06. The molecule has 1 saturated heterocycles. The third kappa shape index (κ3) is 4.72. The number of halogens is 1. The molecule has 1 fully saturated rings. The van der Waals surface area contributed by atoms with Crippen molar-refractivity contribution >= 4 is 23.5 Å². The van der Waals surface area contributed by atoms with Gasteiger partial charge in [-0.15, -0.1) is 0 Å². The molecule has 1 aromatic rings. The molecule has 0 aliphatic carbocycles. The zero-order valence-electron chi connectivity index (χ0n) is 14.2. The van der Waals surface area contributed by atoms with Crippen molar-refractivity contribution in [3.63, 3.8) is 0 Å².